The van der Waals surface area contributed by atoms with Crippen LogP contribution in [0.15, 0.2) is 22.7 Å². The van der Waals surface area contributed by atoms with Gasteiger partial charge in [0.1, 0.15) is 0 Å². The van der Waals surface area contributed by atoms with Gasteiger partial charge in [0, 0.05) is 16.1 Å². The van der Waals surface area contributed by atoms with E-state index in [1.54, 1.807) is 0 Å². The molecule has 1 fully saturated rings. The summed E-state index contributed by atoms with van der Waals surface area (Å²) in [4.78, 5) is 12.1. The molecule has 2 N–H and O–H groups in total. The highest BCUT2D eigenvalue weighted by Gasteiger charge is 2.21. The lowest BCUT2D eigenvalue weighted by Gasteiger charge is -2.22. The molecule has 1 aliphatic heterocycles. The number of carbonyl (C=O) groups excluding carboxylic acids is 1. The second kappa shape index (κ2) is 5.65. The molecule has 0 bridgehead atoms. The SMILES string of the molecule is Cc1cc(Br)ccc1NC(=O)C1CCNCC1. The molecule has 0 unspecified atom stereocenters. The van der Waals surface area contributed by atoms with Crippen molar-refractivity contribution < 1.29 is 4.79 Å². The predicted octanol–water partition coefficient (Wildman–Crippen LogP) is 2.70. The third kappa shape index (κ3) is 3.30. The second-order valence-electron chi connectivity index (χ2n) is 4.47. The van der Waals surface area contributed by atoms with Crippen LogP contribution in [0.5, 0.6) is 0 Å². The van der Waals surface area contributed by atoms with Crippen LogP contribution in [-0.2, 0) is 4.79 Å². The number of carbonyl (C=O) groups is 1. The van der Waals surface area contributed by atoms with E-state index in [0.29, 0.717) is 0 Å². The Bertz CT molecular complexity index is 414. The van der Waals surface area contributed by atoms with Gasteiger partial charge in [-0.3, -0.25) is 4.79 Å². The van der Waals surface area contributed by atoms with Gasteiger partial charge in [0.25, 0.3) is 0 Å². The third-order valence-corrected chi connectivity index (χ3v) is 3.65. The summed E-state index contributed by atoms with van der Waals surface area (Å²) in [6.07, 6.45) is 1.86. The molecule has 4 heteroatoms. The zero-order valence-corrected chi connectivity index (χ0v) is 11.5. The molecule has 1 aliphatic rings. The summed E-state index contributed by atoms with van der Waals surface area (Å²) in [5, 5.41) is 6.29. The van der Waals surface area contributed by atoms with Crippen molar-refractivity contribution in [1.29, 1.82) is 0 Å². The van der Waals surface area contributed by atoms with E-state index in [4.69, 9.17) is 0 Å². The van der Waals surface area contributed by atoms with Gasteiger partial charge in [0.15, 0.2) is 0 Å². The zero-order chi connectivity index (χ0) is 12.3. The molecule has 0 radical (unpaired) electrons. The summed E-state index contributed by atoms with van der Waals surface area (Å²) in [7, 11) is 0. The van der Waals surface area contributed by atoms with Gasteiger partial charge in [-0.1, -0.05) is 15.9 Å². The number of hydrogen-bond acceptors (Lipinski definition) is 2. The summed E-state index contributed by atoms with van der Waals surface area (Å²) in [5.41, 5.74) is 2.00. The average Bonchev–Trinajstić information content (AvgIpc) is 2.34. The quantitative estimate of drug-likeness (QED) is 0.881. The zero-order valence-electron chi connectivity index (χ0n) is 9.92. The van der Waals surface area contributed by atoms with Gasteiger partial charge in [0.2, 0.25) is 5.91 Å². The Morgan fingerprint density at radius 3 is 2.76 bits per heavy atom. The highest BCUT2D eigenvalue weighted by molar-refractivity contribution is 9.10. The number of benzene rings is 1. The van der Waals surface area contributed by atoms with Crippen LogP contribution in [0.3, 0.4) is 0 Å². The highest BCUT2D eigenvalue weighted by Crippen LogP contribution is 2.22. The van der Waals surface area contributed by atoms with Crippen molar-refractivity contribution in [3.05, 3.63) is 28.2 Å². The molecule has 3 nitrogen and oxygen atoms in total. The lowest BCUT2D eigenvalue weighted by Crippen LogP contribution is -2.34. The molecule has 1 aromatic carbocycles. The molecule has 1 heterocycles. The van der Waals surface area contributed by atoms with Crippen LogP contribution in [0.2, 0.25) is 0 Å². The summed E-state index contributed by atoms with van der Waals surface area (Å²) in [6, 6.07) is 5.90. The first-order valence-corrected chi connectivity index (χ1v) is 6.74. The monoisotopic (exact) mass is 296 g/mol. The van der Waals surface area contributed by atoms with Crippen LogP contribution < -0.4 is 10.6 Å². The molecule has 17 heavy (non-hydrogen) atoms. The first-order chi connectivity index (χ1) is 8.16. The minimum Gasteiger partial charge on any atom is -0.326 e. The van der Waals surface area contributed by atoms with E-state index in [2.05, 4.69) is 26.6 Å². The van der Waals surface area contributed by atoms with Crippen molar-refractivity contribution in [3.8, 4) is 0 Å². The number of halogens is 1. The minimum absolute atomic E-state index is 0.150. The van der Waals surface area contributed by atoms with Gasteiger partial charge >= 0.3 is 0 Å². The second-order valence-corrected chi connectivity index (χ2v) is 5.39. The van der Waals surface area contributed by atoms with E-state index >= 15 is 0 Å². The van der Waals surface area contributed by atoms with E-state index < -0.39 is 0 Å². The lowest BCUT2D eigenvalue weighted by atomic mass is 9.97. The maximum Gasteiger partial charge on any atom is 0.227 e. The van der Waals surface area contributed by atoms with Gasteiger partial charge in [-0.2, -0.15) is 0 Å². The molecule has 2 rings (SSSR count). The Labute approximate surface area is 110 Å². The van der Waals surface area contributed by atoms with Crippen LogP contribution in [-0.4, -0.2) is 19.0 Å². The van der Waals surface area contributed by atoms with Crippen molar-refractivity contribution in [2.75, 3.05) is 18.4 Å². The Kier molecular flexibility index (Phi) is 4.18. The number of rotatable bonds is 2. The molecule has 1 amide bonds. The normalized spacial score (nSPS) is 16.8. The van der Waals surface area contributed by atoms with Crippen LogP contribution in [0.4, 0.5) is 5.69 Å². The first kappa shape index (κ1) is 12.6. The number of aryl methyl sites for hydroxylation is 1. The minimum atomic E-state index is 0.150. The fourth-order valence-corrected chi connectivity index (χ4v) is 2.56. The average molecular weight is 297 g/mol. The smallest absolute Gasteiger partial charge is 0.227 e. The van der Waals surface area contributed by atoms with Gasteiger partial charge in [-0.25, -0.2) is 0 Å². The Morgan fingerprint density at radius 1 is 1.41 bits per heavy atom. The standard InChI is InChI=1S/C13H17BrN2O/c1-9-8-11(14)2-3-12(9)16-13(17)10-4-6-15-7-5-10/h2-3,8,10,15H,4-7H2,1H3,(H,16,17). The third-order valence-electron chi connectivity index (χ3n) is 3.16. The summed E-state index contributed by atoms with van der Waals surface area (Å²) >= 11 is 3.42. The molecule has 0 aromatic heterocycles. The fraction of sp³-hybridized carbons (Fsp3) is 0.462. The highest BCUT2D eigenvalue weighted by atomic mass is 79.9. The van der Waals surface area contributed by atoms with E-state index in [1.165, 1.54) is 0 Å². The van der Waals surface area contributed by atoms with Gasteiger partial charge in [0.05, 0.1) is 0 Å². The van der Waals surface area contributed by atoms with E-state index in [9.17, 15) is 4.79 Å². The summed E-state index contributed by atoms with van der Waals surface area (Å²) < 4.78 is 1.04. The summed E-state index contributed by atoms with van der Waals surface area (Å²) in [5.74, 6) is 0.302. The maximum absolute atomic E-state index is 12.1. The largest absolute Gasteiger partial charge is 0.326 e. The predicted molar refractivity (Wildman–Crippen MR) is 73.1 cm³/mol. The van der Waals surface area contributed by atoms with E-state index in [1.807, 2.05) is 25.1 Å². The number of nitrogens with one attached hydrogen (secondary N) is 2. The first-order valence-electron chi connectivity index (χ1n) is 5.94. The number of amides is 1. The Balaban J connectivity index is 2.02. The molecule has 0 aliphatic carbocycles. The molecule has 1 saturated heterocycles. The summed E-state index contributed by atoms with van der Waals surface area (Å²) in [6.45, 7) is 3.89. The van der Waals surface area contributed by atoms with Crippen LogP contribution >= 0.6 is 15.9 Å². The van der Waals surface area contributed by atoms with Gasteiger partial charge in [-0.05, 0) is 56.6 Å². The molecular weight excluding hydrogens is 280 g/mol. The van der Waals surface area contributed by atoms with Crippen LogP contribution in [0, 0.1) is 12.8 Å². The molecule has 92 valence electrons. The van der Waals surface area contributed by atoms with Gasteiger partial charge in [-0.15, -0.1) is 0 Å². The van der Waals surface area contributed by atoms with Crippen molar-refractivity contribution >= 4 is 27.5 Å². The van der Waals surface area contributed by atoms with Crippen molar-refractivity contribution in [2.24, 2.45) is 5.92 Å². The Hall–Kier alpha value is -0.870. The van der Waals surface area contributed by atoms with E-state index in [-0.39, 0.29) is 11.8 Å². The number of piperidine rings is 1. The van der Waals surface area contributed by atoms with Crippen molar-refractivity contribution in [2.45, 2.75) is 19.8 Å². The molecule has 0 saturated carbocycles. The van der Waals surface area contributed by atoms with Crippen molar-refractivity contribution in [1.82, 2.24) is 5.32 Å². The molecule has 0 spiro atoms. The number of hydrogen-bond donors (Lipinski definition) is 2. The maximum atomic E-state index is 12.1. The van der Waals surface area contributed by atoms with Gasteiger partial charge < -0.3 is 10.6 Å². The Morgan fingerprint density at radius 2 is 2.12 bits per heavy atom. The van der Waals surface area contributed by atoms with Crippen molar-refractivity contribution in [3.63, 3.8) is 0 Å². The molecular formula is C13H17BrN2O. The molecule has 1 aromatic rings. The number of anilines is 1. The topological polar surface area (TPSA) is 41.1 Å². The van der Waals surface area contributed by atoms with Crippen LogP contribution in [0.1, 0.15) is 18.4 Å². The fourth-order valence-electron chi connectivity index (χ4n) is 2.09. The molecule has 0 atom stereocenters. The van der Waals surface area contributed by atoms with Crippen LogP contribution in [0.25, 0.3) is 0 Å². The van der Waals surface area contributed by atoms with E-state index in [0.717, 1.165) is 41.7 Å². The lowest BCUT2D eigenvalue weighted by molar-refractivity contribution is -0.120.